The van der Waals surface area contributed by atoms with Gasteiger partial charge in [0.25, 0.3) is 0 Å². The summed E-state index contributed by atoms with van der Waals surface area (Å²) in [7, 11) is 1.36. The maximum Gasteiger partial charge on any atom is 0.405 e. The largest absolute Gasteiger partial charge is 0.465 e. The van der Waals surface area contributed by atoms with E-state index in [0.717, 1.165) is 22.6 Å². The van der Waals surface area contributed by atoms with Crippen molar-refractivity contribution in [1.29, 1.82) is 0 Å². The van der Waals surface area contributed by atoms with Crippen molar-refractivity contribution in [1.82, 2.24) is 4.98 Å². The minimum Gasteiger partial charge on any atom is -0.465 e. The van der Waals surface area contributed by atoms with E-state index in [1.165, 1.54) is 18.4 Å². The highest BCUT2D eigenvalue weighted by molar-refractivity contribution is 7.15. The molecule has 0 bridgehead atoms. The molecule has 2 rings (SSSR count). The predicted molar refractivity (Wildman–Crippen MR) is 73.8 cm³/mol. The number of fused-ring (bicyclic) bond motifs is 1. The van der Waals surface area contributed by atoms with Crippen LogP contribution in [0, 0.1) is 0 Å². The highest BCUT2D eigenvalue weighted by Crippen LogP contribution is 2.38. The molecule has 1 aliphatic carbocycles. The number of thiazole rings is 1. The molecular weight excluding hydrogens is 305 g/mol. The van der Waals surface area contributed by atoms with Gasteiger partial charge in [-0.1, -0.05) is 0 Å². The molecule has 0 amide bonds. The molecule has 0 spiro atoms. The summed E-state index contributed by atoms with van der Waals surface area (Å²) in [6.07, 6.45) is -2.07. The summed E-state index contributed by atoms with van der Waals surface area (Å²) < 4.78 is 42.3. The Bertz CT molecular complexity index is 516. The highest BCUT2D eigenvalue weighted by atomic mass is 32.1. The van der Waals surface area contributed by atoms with Crippen molar-refractivity contribution >= 4 is 22.4 Å². The second-order valence-corrected chi connectivity index (χ2v) is 6.04. The molecule has 0 aromatic carbocycles. The molecule has 0 aliphatic heterocycles. The maximum absolute atomic E-state index is 12.4. The summed E-state index contributed by atoms with van der Waals surface area (Å²) in [6.45, 7) is 0.963. The van der Waals surface area contributed by atoms with Crippen LogP contribution in [0.5, 0.6) is 0 Å². The summed E-state index contributed by atoms with van der Waals surface area (Å²) in [4.78, 5) is 18.1. The van der Waals surface area contributed by atoms with Gasteiger partial charge in [-0.3, -0.25) is 4.79 Å². The van der Waals surface area contributed by atoms with Gasteiger partial charge in [0.15, 0.2) is 5.13 Å². The fraction of sp³-hybridized carbons (Fsp3) is 0.692. The molecule has 1 aromatic rings. The number of ether oxygens (including phenoxy) is 1. The molecule has 21 heavy (non-hydrogen) atoms. The second kappa shape index (κ2) is 6.21. The normalized spacial score (nSPS) is 18.2. The summed E-state index contributed by atoms with van der Waals surface area (Å²) >= 11 is 1.23. The number of halogens is 3. The second-order valence-electron chi connectivity index (χ2n) is 4.97. The molecule has 1 aromatic heterocycles. The third kappa shape index (κ3) is 3.87. The first-order valence-electron chi connectivity index (χ1n) is 6.76. The van der Waals surface area contributed by atoms with Crippen molar-refractivity contribution in [3.63, 3.8) is 0 Å². The molecule has 0 radical (unpaired) electrons. The molecule has 8 heteroatoms. The minimum atomic E-state index is -4.28. The number of alkyl halides is 3. The van der Waals surface area contributed by atoms with E-state index in [-0.39, 0.29) is 12.6 Å². The molecular formula is C13H17F3N2O2S. The number of nitrogens with zero attached hydrogens (tertiary/aromatic N) is 2. The minimum absolute atomic E-state index is 0.287. The first kappa shape index (κ1) is 16.1. The predicted octanol–water partition coefficient (Wildman–Crippen LogP) is 3.12. The van der Waals surface area contributed by atoms with Gasteiger partial charge in [0.05, 0.1) is 12.3 Å². The van der Waals surface area contributed by atoms with Crippen molar-refractivity contribution in [2.24, 2.45) is 0 Å². The van der Waals surface area contributed by atoms with E-state index in [1.807, 2.05) is 0 Å². The first-order valence-corrected chi connectivity index (χ1v) is 7.57. The smallest absolute Gasteiger partial charge is 0.405 e. The van der Waals surface area contributed by atoms with Gasteiger partial charge in [-0.05, 0) is 26.2 Å². The Balaban J connectivity index is 2.20. The lowest BCUT2D eigenvalue weighted by Gasteiger charge is -2.19. The van der Waals surface area contributed by atoms with Crippen LogP contribution in [-0.2, 0) is 16.0 Å². The van der Waals surface area contributed by atoms with Crippen LogP contribution in [0.25, 0.3) is 0 Å². The zero-order chi connectivity index (χ0) is 15.6. The van der Waals surface area contributed by atoms with E-state index >= 15 is 0 Å². The third-order valence-corrected chi connectivity index (χ3v) is 4.50. The number of hydrogen-bond donors (Lipinski definition) is 0. The fourth-order valence-electron chi connectivity index (χ4n) is 2.38. The monoisotopic (exact) mass is 322 g/mol. The van der Waals surface area contributed by atoms with Crippen LogP contribution in [0.15, 0.2) is 0 Å². The molecule has 0 saturated heterocycles. The van der Waals surface area contributed by atoms with Crippen LogP contribution in [0.1, 0.15) is 36.3 Å². The van der Waals surface area contributed by atoms with Gasteiger partial charge in [0.2, 0.25) is 0 Å². The molecule has 118 valence electrons. The SMILES string of the molecule is CCOC(=O)C1CCCc2sc(N(C)CC(F)(F)F)nc21. The lowest BCUT2D eigenvalue weighted by atomic mass is 9.91. The van der Waals surface area contributed by atoms with Gasteiger partial charge < -0.3 is 9.64 Å². The molecule has 1 atom stereocenters. The van der Waals surface area contributed by atoms with E-state index in [2.05, 4.69) is 4.98 Å². The van der Waals surface area contributed by atoms with Crippen molar-refractivity contribution in [2.45, 2.75) is 38.3 Å². The van der Waals surface area contributed by atoms with Crippen LogP contribution in [-0.4, -0.2) is 37.3 Å². The standard InChI is InChI=1S/C13H17F3N2O2S/c1-3-20-11(19)8-5-4-6-9-10(8)17-12(21-9)18(2)7-13(14,15)16/h8H,3-7H2,1-2H3. The van der Waals surface area contributed by atoms with Gasteiger partial charge in [0.1, 0.15) is 12.5 Å². The Hall–Kier alpha value is -1.31. The maximum atomic E-state index is 12.4. The Morgan fingerprint density at radius 1 is 1.52 bits per heavy atom. The Morgan fingerprint density at radius 3 is 2.86 bits per heavy atom. The van der Waals surface area contributed by atoms with Crippen LogP contribution in [0.3, 0.4) is 0 Å². The van der Waals surface area contributed by atoms with E-state index in [1.54, 1.807) is 6.92 Å². The summed E-state index contributed by atoms with van der Waals surface area (Å²) in [6, 6.07) is 0. The van der Waals surface area contributed by atoms with Gasteiger partial charge in [-0.2, -0.15) is 13.2 Å². The molecule has 0 fully saturated rings. The molecule has 1 unspecified atom stereocenters. The third-order valence-electron chi connectivity index (χ3n) is 3.26. The average Bonchev–Trinajstić information content (AvgIpc) is 2.80. The summed E-state index contributed by atoms with van der Waals surface area (Å²) in [5, 5.41) is 0.300. The van der Waals surface area contributed by atoms with E-state index in [4.69, 9.17) is 4.74 Å². The molecule has 1 aliphatic rings. The van der Waals surface area contributed by atoms with Gasteiger partial charge in [0, 0.05) is 11.9 Å². The lowest BCUT2D eigenvalue weighted by molar-refractivity contribution is -0.145. The highest BCUT2D eigenvalue weighted by Gasteiger charge is 2.34. The van der Waals surface area contributed by atoms with Crippen LogP contribution in [0.2, 0.25) is 0 Å². The number of rotatable bonds is 4. The van der Waals surface area contributed by atoms with Crippen molar-refractivity contribution in [3.05, 3.63) is 10.6 Å². The van der Waals surface area contributed by atoms with Crippen LogP contribution in [0.4, 0.5) is 18.3 Å². The topological polar surface area (TPSA) is 42.4 Å². The number of aromatic nitrogens is 1. The molecule has 0 N–H and O–H groups in total. The van der Waals surface area contributed by atoms with E-state index in [9.17, 15) is 18.0 Å². The number of esters is 1. The lowest BCUT2D eigenvalue weighted by Crippen LogP contribution is -2.30. The van der Waals surface area contributed by atoms with Gasteiger partial charge in [-0.25, -0.2) is 4.98 Å². The number of aryl methyl sites for hydroxylation is 1. The first-order chi connectivity index (χ1) is 9.81. The quantitative estimate of drug-likeness (QED) is 0.799. The zero-order valence-electron chi connectivity index (χ0n) is 11.9. The average molecular weight is 322 g/mol. The van der Waals surface area contributed by atoms with Crippen molar-refractivity contribution in [2.75, 3.05) is 25.1 Å². The summed E-state index contributed by atoms with van der Waals surface area (Å²) in [5.74, 6) is -0.785. The molecule has 4 nitrogen and oxygen atoms in total. The van der Waals surface area contributed by atoms with E-state index in [0.29, 0.717) is 17.2 Å². The Kier molecular flexibility index (Phi) is 4.75. The van der Waals surface area contributed by atoms with Crippen LogP contribution < -0.4 is 4.90 Å². The Morgan fingerprint density at radius 2 is 2.24 bits per heavy atom. The molecule has 1 heterocycles. The summed E-state index contributed by atoms with van der Waals surface area (Å²) in [5.41, 5.74) is 0.591. The number of anilines is 1. The van der Waals surface area contributed by atoms with E-state index < -0.39 is 18.6 Å². The van der Waals surface area contributed by atoms with Crippen LogP contribution >= 0.6 is 11.3 Å². The number of carbonyl (C=O) groups excluding carboxylic acids is 1. The zero-order valence-corrected chi connectivity index (χ0v) is 12.7. The van der Waals surface area contributed by atoms with Gasteiger partial charge >= 0.3 is 12.1 Å². The number of carbonyl (C=O) groups is 1. The fourth-order valence-corrected chi connectivity index (χ4v) is 3.50. The van der Waals surface area contributed by atoms with Gasteiger partial charge in [-0.15, -0.1) is 11.3 Å². The molecule has 0 saturated carbocycles. The number of hydrogen-bond acceptors (Lipinski definition) is 5. The Labute approximate surface area is 124 Å². The van der Waals surface area contributed by atoms with Crippen molar-refractivity contribution in [3.8, 4) is 0 Å². The van der Waals surface area contributed by atoms with Crippen molar-refractivity contribution < 1.29 is 22.7 Å².